The summed E-state index contributed by atoms with van der Waals surface area (Å²) < 4.78 is 11.8. The summed E-state index contributed by atoms with van der Waals surface area (Å²) in [5.74, 6) is 3.56. The molecule has 1 aliphatic heterocycles. The Labute approximate surface area is 127 Å². The number of likely N-dealkylation sites (tertiary alicyclic amines) is 1. The summed E-state index contributed by atoms with van der Waals surface area (Å²) in [7, 11) is 1.81. The lowest BCUT2D eigenvalue weighted by molar-refractivity contribution is -0.0627. The van der Waals surface area contributed by atoms with Gasteiger partial charge in [-0.3, -0.25) is 4.90 Å². The minimum atomic E-state index is -0.0634. The molecule has 0 bridgehead atoms. The van der Waals surface area contributed by atoms with Gasteiger partial charge >= 0.3 is 0 Å². The van der Waals surface area contributed by atoms with Crippen molar-refractivity contribution < 1.29 is 9.15 Å². The molecule has 1 aromatic heterocycles. The van der Waals surface area contributed by atoms with Gasteiger partial charge in [0, 0.05) is 26.1 Å². The zero-order valence-electron chi connectivity index (χ0n) is 13.5. The number of methoxy groups -OCH3 is 1. The van der Waals surface area contributed by atoms with Crippen LogP contribution >= 0.6 is 0 Å². The first-order chi connectivity index (χ1) is 10.1. The second kappa shape index (κ2) is 5.75. The van der Waals surface area contributed by atoms with Gasteiger partial charge in [-0.15, -0.1) is 0 Å². The normalized spacial score (nSPS) is 34.9. The van der Waals surface area contributed by atoms with Crippen LogP contribution in [0.5, 0.6) is 0 Å². The molecule has 3 rings (SSSR count). The van der Waals surface area contributed by atoms with Crippen LogP contribution in [0.25, 0.3) is 0 Å². The van der Waals surface area contributed by atoms with Crippen LogP contribution in [0.3, 0.4) is 0 Å². The Kier molecular flexibility index (Phi) is 4.12. The lowest BCUT2D eigenvalue weighted by atomic mass is 9.93. The predicted octanol–water partition coefficient (Wildman–Crippen LogP) is 2.90. The molecule has 2 aliphatic rings. The lowest BCUT2D eigenvalue weighted by Crippen LogP contribution is -2.49. The summed E-state index contributed by atoms with van der Waals surface area (Å²) in [6, 6.07) is 4.44. The Balaban J connectivity index is 1.73. The molecule has 2 heterocycles. The number of hydrogen-bond donors (Lipinski definition) is 1. The molecule has 1 aromatic rings. The van der Waals surface area contributed by atoms with Crippen molar-refractivity contribution in [3.63, 3.8) is 0 Å². The highest BCUT2D eigenvalue weighted by Crippen LogP contribution is 2.47. The van der Waals surface area contributed by atoms with Crippen molar-refractivity contribution in [1.29, 1.82) is 0 Å². The molecule has 4 atom stereocenters. The maximum atomic E-state index is 6.12. The van der Waals surface area contributed by atoms with Crippen molar-refractivity contribution in [3.8, 4) is 0 Å². The zero-order chi connectivity index (χ0) is 15.0. The average molecular weight is 292 g/mol. The van der Waals surface area contributed by atoms with Gasteiger partial charge in [0.1, 0.15) is 11.5 Å². The SMILES string of the molecule is COC1(C)CCCN(C(CN)c2ccc(C3CC3C)o2)C1. The Hall–Kier alpha value is -0.840. The van der Waals surface area contributed by atoms with Gasteiger partial charge in [0.25, 0.3) is 0 Å². The van der Waals surface area contributed by atoms with Crippen LogP contribution in [0.1, 0.15) is 56.6 Å². The number of nitrogens with two attached hydrogens (primary N) is 1. The Morgan fingerprint density at radius 2 is 2.29 bits per heavy atom. The molecule has 4 heteroatoms. The van der Waals surface area contributed by atoms with E-state index >= 15 is 0 Å². The molecule has 1 saturated heterocycles. The van der Waals surface area contributed by atoms with Crippen molar-refractivity contribution in [2.45, 2.75) is 50.7 Å². The molecular formula is C17H28N2O2. The van der Waals surface area contributed by atoms with E-state index in [1.165, 1.54) is 6.42 Å². The summed E-state index contributed by atoms with van der Waals surface area (Å²) in [6.45, 7) is 7.04. The fourth-order valence-corrected chi connectivity index (χ4v) is 3.59. The molecule has 0 radical (unpaired) electrons. The fourth-order valence-electron chi connectivity index (χ4n) is 3.59. The van der Waals surface area contributed by atoms with Crippen LogP contribution in [0.4, 0.5) is 0 Å². The zero-order valence-corrected chi connectivity index (χ0v) is 13.5. The van der Waals surface area contributed by atoms with E-state index in [9.17, 15) is 0 Å². The van der Waals surface area contributed by atoms with Crippen molar-refractivity contribution in [2.24, 2.45) is 11.7 Å². The smallest absolute Gasteiger partial charge is 0.122 e. The van der Waals surface area contributed by atoms with E-state index in [1.807, 2.05) is 0 Å². The van der Waals surface area contributed by atoms with Crippen molar-refractivity contribution in [1.82, 2.24) is 4.90 Å². The van der Waals surface area contributed by atoms with Gasteiger partial charge in [0.2, 0.25) is 0 Å². The maximum Gasteiger partial charge on any atom is 0.122 e. The third-order valence-electron chi connectivity index (χ3n) is 5.30. The van der Waals surface area contributed by atoms with Crippen LogP contribution in [0.2, 0.25) is 0 Å². The van der Waals surface area contributed by atoms with Gasteiger partial charge in [0.05, 0.1) is 11.6 Å². The quantitative estimate of drug-likeness (QED) is 0.906. The number of hydrogen-bond acceptors (Lipinski definition) is 4. The minimum Gasteiger partial charge on any atom is -0.464 e. The third-order valence-corrected chi connectivity index (χ3v) is 5.30. The van der Waals surface area contributed by atoms with Crippen molar-refractivity contribution >= 4 is 0 Å². The number of furan rings is 1. The highest BCUT2D eigenvalue weighted by Gasteiger charge is 2.38. The fraction of sp³-hybridized carbons (Fsp3) is 0.765. The molecule has 21 heavy (non-hydrogen) atoms. The van der Waals surface area contributed by atoms with Gasteiger partial charge in [-0.2, -0.15) is 0 Å². The first-order valence-electron chi connectivity index (χ1n) is 8.15. The van der Waals surface area contributed by atoms with E-state index in [2.05, 4.69) is 30.9 Å². The summed E-state index contributed by atoms with van der Waals surface area (Å²) in [4.78, 5) is 2.42. The Bertz CT molecular complexity index is 487. The third kappa shape index (κ3) is 3.03. The predicted molar refractivity (Wildman–Crippen MR) is 83.2 cm³/mol. The molecule has 118 valence electrons. The van der Waals surface area contributed by atoms with E-state index < -0.39 is 0 Å². The number of rotatable bonds is 5. The summed E-state index contributed by atoms with van der Waals surface area (Å²) in [5.41, 5.74) is 5.99. The minimum absolute atomic E-state index is 0.0634. The first-order valence-corrected chi connectivity index (χ1v) is 8.15. The lowest BCUT2D eigenvalue weighted by Gasteiger charge is -2.42. The van der Waals surface area contributed by atoms with Crippen LogP contribution < -0.4 is 5.73 Å². The van der Waals surface area contributed by atoms with Gasteiger partial charge in [-0.25, -0.2) is 0 Å². The van der Waals surface area contributed by atoms with E-state index in [1.54, 1.807) is 7.11 Å². The highest BCUT2D eigenvalue weighted by molar-refractivity contribution is 5.19. The Morgan fingerprint density at radius 1 is 1.52 bits per heavy atom. The largest absolute Gasteiger partial charge is 0.464 e. The summed E-state index contributed by atoms with van der Waals surface area (Å²) in [5, 5.41) is 0. The molecule has 1 aliphatic carbocycles. The number of nitrogens with zero attached hydrogens (tertiary/aromatic N) is 1. The standard InChI is InChI=1S/C17H28N2O2/c1-12-9-13(12)15-5-6-16(21-15)14(10-18)19-8-4-7-17(2,11-19)20-3/h5-6,12-14H,4,7-11,18H2,1-3H3. The molecule has 4 unspecified atom stereocenters. The van der Waals surface area contributed by atoms with E-state index in [-0.39, 0.29) is 11.6 Å². The molecular weight excluding hydrogens is 264 g/mol. The van der Waals surface area contributed by atoms with Crippen LogP contribution in [0, 0.1) is 5.92 Å². The second-order valence-electron chi connectivity index (χ2n) is 7.04. The van der Waals surface area contributed by atoms with Crippen LogP contribution in [-0.2, 0) is 4.74 Å². The Morgan fingerprint density at radius 3 is 2.90 bits per heavy atom. The molecule has 0 amide bonds. The molecule has 0 aromatic carbocycles. The number of ether oxygens (including phenoxy) is 1. The highest BCUT2D eigenvalue weighted by atomic mass is 16.5. The molecule has 2 fully saturated rings. The van der Waals surface area contributed by atoms with Crippen LogP contribution in [-0.4, -0.2) is 37.2 Å². The van der Waals surface area contributed by atoms with Gasteiger partial charge in [-0.05, 0) is 50.8 Å². The summed E-state index contributed by atoms with van der Waals surface area (Å²) in [6.07, 6.45) is 3.51. The second-order valence-corrected chi connectivity index (χ2v) is 7.04. The van der Waals surface area contributed by atoms with Crippen LogP contribution in [0.15, 0.2) is 16.5 Å². The van der Waals surface area contributed by atoms with Gasteiger partial charge < -0.3 is 14.9 Å². The molecule has 4 nitrogen and oxygen atoms in total. The molecule has 1 saturated carbocycles. The monoisotopic (exact) mass is 292 g/mol. The molecule has 2 N–H and O–H groups in total. The van der Waals surface area contributed by atoms with E-state index in [0.29, 0.717) is 12.5 Å². The van der Waals surface area contributed by atoms with E-state index in [0.717, 1.165) is 43.4 Å². The average Bonchev–Trinajstić information content (AvgIpc) is 3.01. The topological polar surface area (TPSA) is 51.6 Å². The van der Waals surface area contributed by atoms with E-state index in [4.69, 9.17) is 14.9 Å². The first kappa shape index (κ1) is 15.1. The molecule has 0 spiro atoms. The number of piperidine rings is 1. The van der Waals surface area contributed by atoms with Gasteiger partial charge in [0.15, 0.2) is 0 Å². The maximum absolute atomic E-state index is 6.12. The van der Waals surface area contributed by atoms with Gasteiger partial charge in [-0.1, -0.05) is 6.92 Å². The van der Waals surface area contributed by atoms with Crippen molar-refractivity contribution in [2.75, 3.05) is 26.7 Å². The summed E-state index contributed by atoms with van der Waals surface area (Å²) >= 11 is 0. The van der Waals surface area contributed by atoms with Crippen molar-refractivity contribution in [3.05, 3.63) is 23.7 Å².